The number of nitrogens with zero attached hydrogens (tertiary/aromatic N) is 2. The van der Waals surface area contributed by atoms with E-state index in [1.54, 1.807) is 43.5 Å². The number of aromatic amines is 1. The molecule has 1 atom stereocenters. The van der Waals surface area contributed by atoms with Crippen molar-refractivity contribution >= 4 is 21.0 Å². The van der Waals surface area contributed by atoms with Crippen molar-refractivity contribution in [2.75, 3.05) is 12.9 Å². The molecule has 0 aliphatic carbocycles. The predicted octanol–water partition coefficient (Wildman–Crippen LogP) is 3.58. The summed E-state index contributed by atoms with van der Waals surface area (Å²) in [7, 11) is -3.29. The molecule has 0 amide bonds. The molecule has 0 saturated carbocycles. The summed E-state index contributed by atoms with van der Waals surface area (Å²) in [5.41, 5.74) is 2.10. The van der Waals surface area contributed by atoms with E-state index in [0.29, 0.717) is 34.3 Å². The number of rotatable bonds is 7. The van der Waals surface area contributed by atoms with Crippen LogP contribution in [0.2, 0.25) is 0 Å². The number of H-pyrrole nitrogens is 1. The van der Waals surface area contributed by atoms with Gasteiger partial charge in [0, 0.05) is 24.1 Å². The third-order valence-electron chi connectivity index (χ3n) is 4.49. The number of nitrogens with one attached hydrogen (secondary N) is 1. The molecule has 0 unspecified atom stereocenters. The molecule has 8 nitrogen and oxygen atoms in total. The van der Waals surface area contributed by atoms with Crippen molar-refractivity contribution in [1.82, 2.24) is 15.0 Å². The summed E-state index contributed by atoms with van der Waals surface area (Å²) in [6, 6.07) is 15.1. The van der Waals surface area contributed by atoms with E-state index in [9.17, 15) is 13.5 Å². The van der Waals surface area contributed by atoms with Gasteiger partial charge in [-0.25, -0.2) is 18.4 Å². The predicted molar refractivity (Wildman–Crippen MR) is 116 cm³/mol. The number of ether oxygens (including phenoxy) is 2. The number of imidazole rings is 1. The molecule has 9 heteroatoms. The van der Waals surface area contributed by atoms with Crippen molar-refractivity contribution in [3.8, 4) is 28.6 Å². The molecule has 0 radical (unpaired) electrons. The quantitative estimate of drug-likeness (QED) is 0.452. The van der Waals surface area contributed by atoms with E-state index in [1.165, 1.54) is 12.1 Å². The maximum absolute atomic E-state index is 11.7. The molecule has 0 spiro atoms. The van der Waals surface area contributed by atoms with Gasteiger partial charge in [-0.2, -0.15) is 0 Å². The fourth-order valence-electron chi connectivity index (χ4n) is 2.98. The van der Waals surface area contributed by atoms with Crippen molar-refractivity contribution in [3.05, 3.63) is 60.8 Å². The molecule has 0 aliphatic heterocycles. The molecule has 2 N–H and O–H groups in total. The Morgan fingerprint density at radius 3 is 2.48 bits per heavy atom. The van der Waals surface area contributed by atoms with Crippen LogP contribution in [0.4, 0.5) is 0 Å². The smallest absolute Gasteiger partial charge is 0.178 e. The first-order chi connectivity index (χ1) is 14.8. The second kappa shape index (κ2) is 8.37. The standard InChI is InChI=1S/C22H21N3O5S/c1-14(13-26)29-17-10-15(21-24-20-4-3-9-23-22(20)25-21)11-18(12-17)30-16-5-7-19(8-6-16)31(2,27)28/h3-12,14,26H,13H2,1-2H3,(H,23,24,25)/t14-/m0/s1. The van der Waals surface area contributed by atoms with E-state index >= 15 is 0 Å². The summed E-state index contributed by atoms with van der Waals surface area (Å²) in [5, 5.41) is 9.34. The lowest BCUT2D eigenvalue weighted by molar-refractivity contribution is 0.129. The number of hydrogen-bond acceptors (Lipinski definition) is 7. The van der Waals surface area contributed by atoms with Gasteiger partial charge in [-0.3, -0.25) is 0 Å². The van der Waals surface area contributed by atoms with Gasteiger partial charge >= 0.3 is 0 Å². The van der Waals surface area contributed by atoms with E-state index < -0.39 is 15.9 Å². The Morgan fingerprint density at radius 2 is 1.81 bits per heavy atom. The first kappa shape index (κ1) is 20.8. The Hall–Kier alpha value is -3.43. The second-order valence-corrected chi connectivity index (χ2v) is 9.13. The van der Waals surface area contributed by atoms with Gasteiger partial charge in [-0.15, -0.1) is 0 Å². The molecule has 0 bridgehead atoms. The fraction of sp³-hybridized carbons (Fsp3) is 0.182. The molecule has 0 fully saturated rings. The summed E-state index contributed by atoms with van der Waals surface area (Å²) in [4.78, 5) is 12.2. The monoisotopic (exact) mass is 439 g/mol. The highest BCUT2D eigenvalue weighted by molar-refractivity contribution is 7.90. The van der Waals surface area contributed by atoms with Crippen LogP contribution < -0.4 is 9.47 Å². The highest BCUT2D eigenvalue weighted by Gasteiger charge is 2.13. The maximum atomic E-state index is 11.7. The highest BCUT2D eigenvalue weighted by atomic mass is 32.2. The molecule has 4 rings (SSSR count). The summed E-state index contributed by atoms with van der Waals surface area (Å²) in [5.74, 6) is 2.03. The van der Waals surface area contributed by atoms with Gasteiger partial charge in [-0.05, 0) is 55.5 Å². The summed E-state index contributed by atoms with van der Waals surface area (Å²) >= 11 is 0. The molecule has 31 heavy (non-hydrogen) atoms. The van der Waals surface area contributed by atoms with Crippen LogP contribution in [0.25, 0.3) is 22.6 Å². The zero-order valence-corrected chi connectivity index (χ0v) is 17.8. The van der Waals surface area contributed by atoms with Crippen LogP contribution in [0.5, 0.6) is 17.2 Å². The topological polar surface area (TPSA) is 114 Å². The van der Waals surface area contributed by atoms with Crippen molar-refractivity contribution in [1.29, 1.82) is 0 Å². The molecule has 4 aromatic rings. The SMILES string of the molecule is C[C@@H](CO)Oc1cc(Oc2ccc(S(C)(=O)=O)cc2)cc(-c2nc3ncccc3[nH]2)c1. The van der Waals surface area contributed by atoms with E-state index in [2.05, 4.69) is 15.0 Å². The third kappa shape index (κ3) is 4.84. The van der Waals surface area contributed by atoms with E-state index in [4.69, 9.17) is 9.47 Å². The second-order valence-electron chi connectivity index (χ2n) is 7.11. The lowest BCUT2D eigenvalue weighted by Crippen LogP contribution is -2.16. The molecule has 0 aliphatic rings. The first-order valence-electron chi connectivity index (χ1n) is 9.53. The third-order valence-corrected chi connectivity index (χ3v) is 5.62. The van der Waals surface area contributed by atoms with Crippen LogP contribution >= 0.6 is 0 Å². The van der Waals surface area contributed by atoms with Crippen LogP contribution in [0.1, 0.15) is 6.92 Å². The number of pyridine rings is 1. The molecular weight excluding hydrogens is 418 g/mol. The molecule has 0 saturated heterocycles. The van der Waals surface area contributed by atoms with Crippen molar-refractivity contribution in [2.45, 2.75) is 17.9 Å². The van der Waals surface area contributed by atoms with E-state index in [-0.39, 0.29) is 11.5 Å². The highest BCUT2D eigenvalue weighted by Crippen LogP contribution is 2.33. The van der Waals surface area contributed by atoms with E-state index in [1.807, 2.05) is 12.1 Å². The molecular formula is C22H21N3O5S. The minimum atomic E-state index is -3.29. The molecule has 2 aromatic carbocycles. The lowest BCUT2D eigenvalue weighted by Gasteiger charge is -2.15. The Morgan fingerprint density at radius 1 is 1.06 bits per heavy atom. The zero-order chi connectivity index (χ0) is 22.0. The first-order valence-corrected chi connectivity index (χ1v) is 11.4. The number of aromatic nitrogens is 3. The van der Waals surface area contributed by atoms with Crippen LogP contribution in [0.15, 0.2) is 65.7 Å². The minimum Gasteiger partial charge on any atom is -0.488 e. The largest absolute Gasteiger partial charge is 0.488 e. The van der Waals surface area contributed by atoms with Gasteiger partial charge in [0.25, 0.3) is 0 Å². The van der Waals surface area contributed by atoms with Gasteiger partial charge in [0.2, 0.25) is 0 Å². The summed E-state index contributed by atoms with van der Waals surface area (Å²) in [6.07, 6.45) is 2.42. The fourth-order valence-corrected chi connectivity index (χ4v) is 3.61. The number of hydrogen-bond donors (Lipinski definition) is 2. The molecule has 160 valence electrons. The number of benzene rings is 2. The molecule has 2 aromatic heterocycles. The number of fused-ring (bicyclic) bond motifs is 1. The van der Waals surface area contributed by atoms with Crippen molar-refractivity contribution < 1.29 is 23.0 Å². The Balaban J connectivity index is 1.70. The van der Waals surface area contributed by atoms with Gasteiger partial charge in [-0.1, -0.05) is 0 Å². The van der Waals surface area contributed by atoms with Crippen molar-refractivity contribution in [2.24, 2.45) is 0 Å². The minimum absolute atomic E-state index is 0.137. The van der Waals surface area contributed by atoms with Gasteiger partial charge in [0.1, 0.15) is 29.2 Å². The average Bonchev–Trinajstić information content (AvgIpc) is 3.17. The van der Waals surface area contributed by atoms with Crippen LogP contribution in [-0.2, 0) is 9.84 Å². The number of sulfone groups is 1. The zero-order valence-electron chi connectivity index (χ0n) is 16.9. The van der Waals surface area contributed by atoms with Gasteiger partial charge < -0.3 is 19.6 Å². The van der Waals surface area contributed by atoms with E-state index in [0.717, 1.165) is 11.8 Å². The Bertz CT molecular complexity index is 1280. The number of aliphatic hydroxyl groups excluding tert-OH is 1. The lowest BCUT2D eigenvalue weighted by atomic mass is 10.2. The van der Waals surface area contributed by atoms with Crippen molar-refractivity contribution in [3.63, 3.8) is 0 Å². The van der Waals surface area contributed by atoms with Gasteiger partial charge in [0.05, 0.1) is 17.0 Å². The Kier molecular flexibility index (Phi) is 5.62. The summed E-state index contributed by atoms with van der Waals surface area (Å²) in [6.45, 7) is 1.62. The average molecular weight is 439 g/mol. The maximum Gasteiger partial charge on any atom is 0.178 e. The summed E-state index contributed by atoms with van der Waals surface area (Å²) < 4.78 is 35.0. The van der Waals surface area contributed by atoms with Crippen LogP contribution in [0.3, 0.4) is 0 Å². The Labute approximate surface area is 179 Å². The van der Waals surface area contributed by atoms with Crippen LogP contribution in [-0.4, -0.2) is 47.4 Å². The molecule has 2 heterocycles. The normalized spacial score (nSPS) is 12.6. The van der Waals surface area contributed by atoms with Gasteiger partial charge in [0.15, 0.2) is 15.5 Å². The van der Waals surface area contributed by atoms with Crippen LogP contribution in [0, 0.1) is 0 Å². The number of aliphatic hydroxyl groups is 1.